The van der Waals surface area contributed by atoms with Crippen molar-refractivity contribution < 1.29 is 37.0 Å². The molecular formula is C25H27F3N2O5. The number of nitrogens with zero attached hydrogens (tertiary/aromatic N) is 1. The van der Waals surface area contributed by atoms with Crippen LogP contribution in [-0.2, 0) is 16.1 Å². The molecule has 1 spiro atoms. The molecule has 2 fully saturated rings. The molecule has 1 aliphatic carbocycles. The van der Waals surface area contributed by atoms with Gasteiger partial charge in [0.2, 0.25) is 5.91 Å². The molecule has 2 aliphatic rings. The molecule has 1 saturated carbocycles. The number of carbonyl (C=O) groups excluding carboxylic acids is 2. The summed E-state index contributed by atoms with van der Waals surface area (Å²) in [7, 11) is 1.58. The number of amides is 2. The van der Waals surface area contributed by atoms with Gasteiger partial charge in [-0.2, -0.15) is 0 Å². The summed E-state index contributed by atoms with van der Waals surface area (Å²) in [6.07, 6.45) is -2.56. The molecule has 4 rings (SSSR count). The lowest BCUT2D eigenvalue weighted by Crippen LogP contribution is -2.40. The number of methoxy groups -OCH3 is 1. The van der Waals surface area contributed by atoms with Gasteiger partial charge >= 0.3 is 12.5 Å². The number of hydrogen-bond donors (Lipinski definition) is 1. The molecule has 7 nitrogen and oxygen atoms in total. The summed E-state index contributed by atoms with van der Waals surface area (Å²) in [5.41, 5.74) is 0.896. The summed E-state index contributed by atoms with van der Waals surface area (Å²) in [6.45, 7) is 0.803. The van der Waals surface area contributed by atoms with E-state index in [1.807, 2.05) is 24.3 Å². The summed E-state index contributed by atoms with van der Waals surface area (Å²) in [4.78, 5) is 27.1. The van der Waals surface area contributed by atoms with E-state index < -0.39 is 17.9 Å². The predicted molar refractivity (Wildman–Crippen MR) is 121 cm³/mol. The Morgan fingerprint density at radius 1 is 1.09 bits per heavy atom. The lowest BCUT2D eigenvalue weighted by atomic mass is 9.72. The van der Waals surface area contributed by atoms with E-state index in [1.54, 1.807) is 12.0 Å². The lowest BCUT2D eigenvalue weighted by molar-refractivity contribution is -0.274. The van der Waals surface area contributed by atoms with Gasteiger partial charge in [0, 0.05) is 18.8 Å². The van der Waals surface area contributed by atoms with Gasteiger partial charge in [-0.1, -0.05) is 12.1 Å². The first-order chi connectivity index (χ1) is 16.7. The SMILES string of the molecule is COc1cccc(CNC(=O)OC2CCC3(CC2)CCN(c2ccc(OC(F)(F)F)cc2)C3=O)c1. The third-order valence-corrected chi connectivity index (χ3v) is 6.63. The molecule has 0 bridgehead atoms. The second kappa shape index (κ2) is 10.1. The van der Waals surface area contributed by atoms with Crippen molar-refractivity contribution >= 4 is 17.7 Å². The van der Waals surface area contributed by atoms with E-state index in [9.17, 15) is 22.8 Å². The predicted octanol–water partition coefficient (Wildman–Crippen LogP) is 5.19. The quantitative estimate of drug-likeness (QED) is 0.601. The topological polar surface area (TPSA) is 77.1 Å². The first kappa shape index (κ1) is 24.7. The van der Waals surface area contributed by atoms with Crippen molar-refractivity contribution in [1.82, 2.24) is 5.32 Å². The van der Waals surface area contributed by atoms with Crippen LogP contribution in [0.15, 0.2) is 48.5 Å². The maximum Gasteiger partial charge on any atom is 0.573 e. The van der Waals surface area contributed by atoms with Crippen LogP contribution in [0.3, 0.4) is 0 Å². The number of anilines is 1. The van der Waals surface area contributed by atoms with E-state index in [2.05, 4.69) is 10.1 Å². The van der Waals surface area contributed by atoms with E-state index in [-0.39, 0.29) is 17.8 Å². The smallest absolute Gasteiger partial charge is 0.497 e. The second-order valence-electron chi connectivity index (χ2n) is 8.84. The van der Waals surface area contributed by atoms with Crippen molar-refractivity contribution in [2.45, 2.75) is 51.1 Å². The maximum absolute atomic E-state index is 13.2. The zero-order chi connectivity index (χ0) is 25.1. The monoisotopic (exact) mass is 492 g/mol. The molecule has 0 unspecified atom stereocenters. The Hall–Kier alpha value is -3.43. The number of ether oxygens (including phenoxy) is 3. The third-order valence-electron chi connectivity index (χ3n) is 6.63. The van der Waals surface area contributed by atoms with Crippen molar-refractivity contribution in [3.63, 3.8) is 0 Å². The number of alkyl halides is 3. The van der Waals surface area contributed by atoms with Gasteiger partial charge in [0.25, 0.3) is 0 Å². The molecule has 1 N–H and O–H groups in total. The number of benzene rings is 2. The van der Waals surface area contributed by atoms with Crippen LogP contribution in [-0.4, -0.2) is 38.1 Å². The van der Waals surface area contributed by atoms with Gasteiger partial charge < -0.3 is 24.4 Å². The molecule has 0 atom stereocenters. The molecule has 0 aromatic heterocycles. The number of hydrogen-bond acceptors (Lipinski definition) is 5. The molecule has 1 aliphatic heterocycles. The first-order valence-electron chi connectivity index (χ1n) is 11.4. The largest absolute Gasteiger partial charge is 0.573 e. The average molecular weight is 492 g/mol. The lowest BCUT2D eigenvalue weighted by Gasteiger charge is -2.35. The number of rotatable bonds is 6. The van der Waals surface area contributed by atoms with Gasteiger partial charge in [-0.25, -0.2) is 4.79 Å². The van der Waals surface area contributed by atoms with Gasteiger partial charge in [-0.05, 0) is 74.1 Å². The molecule has 1 heterocycles. The Kier molecular flexibility index (Phi) is 7.09. The Morgan fingerprint density at radius 2 is 1.80 bits per heavy atom. The van der Waals surface area contributed by atoms with E-state index in [0.717, 1.165) is 5.56 Å². The van der Waals surface area contributed by atoms with Crippen LogP contribution >= 0.6 is 0 Å². The van der Waals surface area contributed by atoms with E-state index >= 15 is 0 Å². The minimum Gasteiger partial charge on any atom is -0.497 e. The molecule has 2 amide bonds. The van der Waals surface area contributed by atoms with Gasteiger partial charge in [0.15, 0.2) is 0 Å². The van der Waals surface area contributed by atoms with Crippen LogP contribution in [0.4, 0.5) is 23.7 Å². The van der Waals surface area contributed by atoms with Gasteiger partial charge in [-0.3, -0.25) is 4.79 Å². The zero-order valence-electron chi connectivity index (χ0n) is 19.3. The van der Waals surface area contributed by atoms with Crippen molar-refractivity contribution in [2.24, 2.45) is 5.41 Å². The number of nitrogens with one attached hydrogen (secondary N) is 1. The highest BCUT2D eigenvalue weighted by Crippen LogP contribution is 2.46. The first-order valence-corrected chi connectivity index (χ1v) is 11.4. The molecule has 2 aromatic rings. The van der Waals surface area contributed by atoms with Gasteiger partial charge in [0.1, 0.15) is 17.6 Å². The molecule has 10 heteroatoms. The summed E-state index contributed by atoms with van der Waals surface area (Å²) in [5, 5.41) is 2.74. The van der Waals surface area contributed by atoms with E-state index in [4.69, 9.17) is 9.47 Å². The molecular weight excluding hydrogens is 465 g/mol. The van der Waals surface area contributed by atoms with Crippen LogP contribution in [0.2, 0.25) is 0 Å². The van der Waals surface area contributed by atoms with Crippen molar-refractivity contribution in [3.05, 3.63) is 54.1 Å². The minimum absolute atomic E-state index is 0.0390. The highest BCUT2D eigenvalue weighted by atomic mass is 19.4. The third kappa shape index (κ3) is 5.98. The molecule has 0 radical (unpaired) electrons. The number of halogens is 3. The highest BCUT2D eigenvalue weighted by Gasteiger charge is 2.49. The molecule has 188 valence electrons. The van der Waals surface area contributed by atoms with Crippen LogP contribution < -0.4 is 19.7 Å². The number of carbonyl (C=O) groups is 2. The summed E-state index contributed by atoms with van der Waals surface area (Å²) >= 11 is 0. The van der Waals surface area contributed by atoms with Crippen LogP contribution in [0, 0.1) is 5.41 Å². The fourth-order valence-corrected chi connectivity index (χ4v) is 4.77. The Balaban J connectivity index is 1.27. The summed E-state index contributed by atoms with van der Waals surface area (Å²) in [6, 6.07) is 12.7. The van der Waals surface area contributed by atoms with Crippen LogP contribution in [0.25, 0.3) is 0 Å². The fraction of sp³-hybridized carbons (Fsp3) is 0.440. The highest BCUT2D eigenvalue weighted by molar-refractivity contribution is 6.00. The maximum atomic E-state index is 13.2. The Morgan fingerprint density at radius 3 is 2.46 bits per heavy atom. The van der Waals surface area contributed by atoms with Crippen LogP contribution in [0.5, 0.6) is 11.5 Å². The van der Waals surface area contributed by atoms with Crippen molar-refractivity contribution in [1.29, 1.82) is 0 Å². The Labute approximate surface area is 201 Å². The van der Waals surface area contributed by atoms with E-state index in [1.165, 1.54) is 24.3 Å². The van der Waals surface area contributed by atoms with Gasteiger partial charge in [-0.15, -0.1) is 13.2 Å². The van der Waals surface area contributed by atoms with E-state index in [0.29, 0.717) is 56.6 Å². The van der Waals surface area contributed by atoms with Crippen molar-refractivity contribution in [3.8, 4) is 11.5 Å². The molecule has 2 aromatic carbocycles. The number of alkyl carbamates (subject to hydrolysis) is 1. The normalized spacial score (nSPS) is 22.2. The standard InChI is InChI=1S/C25H27F3N2O5/c1-33-21-4-2-3-17(15-21)16-29-23(32)34-19-9-11-24(12-10-19)13-14-30(22(24)31)18-5-7-20(8-6-18)35-25(26,27)28/h2-8,15,19H,9-14,16H2,1H3,(H,29,32). The minimum atomic E-state index is -4.76. The summed E-state index contributed by atoms with van der Waals surface area (Å²) in [5.74, 6) is 0.337. The molecule has 35 heavy (non-hydrogen) atoms. The molecule has 1 saturated heterocycles. The fourth-order valence-electron chi connectivity index (χ4n) is 4.77. The summed E-state index contributed by atoms with van der Waals surface area (Å²) < 4.78 is 51.8. The van der Waals surface area contributed by atoms with Crippen LogP contribution in [0.1, 0.15) is 37.7 Å². The zero-order valence-corrected chi connectivity index (χ0v) is 19.3. The Bertz CT molecular complexity index is 1050. The van der Waals surface area contributed by atoms with Crippen molar-refractivity contribution in [2.75, 3.05) is 18.6 Å². The van der Waals surface area contributed by atoms with Gasteiger partial charge in [0.05, 0.1) is 12.5 Å². The second-order valence-corrected chi connectivity index (χ2v) is 8.84. The average Bonchev–Trinajstić information content (AvgIpc) is 3.14.